The fourth-order valence-electron chi connectivity index (χ4n) is 1.32. The fourth-order valence-corrected chi connectivity index (χ4v) is 1.32. The van der Waals surface area contributed by atoms with Gasteiger partial charge in [0.25, 0.3) is 0 Å². The van der Waals surface area contributed by atoms with E-state index in [1.165, 1.54) is 0 Å². The van der Waals surface area contributed by atoms with Gasteiger partial charge in [-0.15, -0.1) is 0 Å². The van der Waals surface area contributed by atoms with Gasteiger partial charge in [0, 0.05) is 12.7 Å². The summed E-state index contributed by atoms with van der Waals surface area (Å²) in [5, 5.41) is 12.1. The van der Waals surface area contributed by atoms with Crippen molar-refractivity contribution < 1.29 is 4.74 Å². The lowest BCUT2D eigenvalue weighted by Crippen LogP contribution is -2.12. The largest absolute Gasteiger partial charge is 0.375 e. The van der Waals surface area contributed by atoms with Crippen molar-refractivity contribution in [3.8, 4) is 6.07 Å². The Bertz CT molecular complexity index is 435. The van der Waals surface area contributed by atoms with E-state index in [1.807, 2.05) is 19.9 Å². The number of pyridine rings is 1. The van der Waals surface area contributed by atoms with Gasteiger partial charge in [-0.2, -0.15) is 5.26 Å². The fraction of sp³-hybridized carbons (Fsp3) is 0.385. The van der Waals surface area contributed by atoms with Crippen LogP contribution in [0.1, 0.15) is 18.1 Å². The molecule has 0 aliphatic heterocycles. The van der Waals surface area contributed by atoms with Gasteiger partial charge >= 0.3 is 0 Å². The number of ether oxygens (including phenoxy) is 1. The Kier molecular flexibility index (Phi) is 5.18. The van der Waals surface area contributed by atoms with Crippen LogP contribution >= 0.6 is 0 Å². The van der Waals surface area contributed by atoms with E-state index >= 15 is 0 Å². The Balaban J connectivity index is 2.45. The molecule has 4 nitrogen and oxygen atoms in total. The van der Waals surface area contributed by atoms with Crippen molar-refractivity contribution in [2.45, 2.75) is 13.8 Å². The van der Waals surface area contributed by atoms with E-state index < -0.39 is 0 Å². The predicted octanol–water partition coefficient (Wildman–Crippen LogP) is 2.27. The summed E-state index contributed by atoms with van der Waals surface area (Å²) in [6, 6.07) is 3.96. The normalized spacial score (nSPS) is 9.71. The molecule has 90 valence electrons. The molecule has 0 bridgehead atoms. The second-order valence-corrected chi connectivity index (χ2v) is 3.90. The van der Waals surface area contributed by atoms with Crippen LogP contribution in [0, 0.1) is 18.3 Å². The first kappa shape index (κ1) is 13.2. The lowest BCUT2D eigenvalue weighted by molar-refractivity contribution is 0.167. The van der Waals surface area contributed by atoms with Gasteiger partial charge in [0.1, 0.15) is 11.9 Å². The Morgan fingerprint density at radius 2 is 2.41 bits per heavy atom. The van der Waals surface area contributed by atoms with Gasteiger partial charge in [0.2, 0.25) is 0 Å². The van der Waals surface area contributed by atoms with Gasteiger partial charge in [-0.05, 0) is 25.5 Å². The van der Waals surface area contributed by atoms with Crippen LogP contribution in [0.2, 0.25) is 0 Å². The summed E-state index contributed by atoms with van der Waals surface area (Å²) in [6.07, 6.45) is 1.69. The van der Waals surface area contributed by atoms with Gasteiger partial charge < -0.3 is 10.1 Å². The molecule has 0 spiro atoms. The van der Waals surface area contributed by atoms with Crippen molar-refractivity contribution in [3.05, 3.63) is 35.5 Å². The molecule has 0 aromatic carbocycles. The molecule has 4 heteroatoms. The number of hydrogen-bond donors (Lipinski definition) is 1. The molecule has 17 heavy (non-hydrogen) atoms. The first-order valence-electron chi connectivity index (χ1n) is 5.47. The van der Waals surface area contributed by atoms with Gasteiger partial charge in [0.05, 0.1) is 18.8 Å². The smallest absolute Gasteiger partial charge is 0.144 e. The SMILES string of the molecule is C=C(C)COCCNc1nccc(C)c1C#N. The molecule has 1 aromatic heterocycles. The quantitative estimate of drug-likeness (QED) is 0.602. The van der Waals surface area contributed by atoms with Crippen LogP contribution in [0.3, 0.4) is 0 Å². The van der Waals surface area contributed by atoms with E-state index in [-0.39, 0.29) is 0 Å². The molecule has 0 radical (unpaired) electrons. The van der Waals surface area contributed by atoms with Gasteiger partial charge in [-0.1, -0.05) is 12.2 Å². The first-order valence-corrected chi connectivity index (χ1v) is 5.47. The summed E-state index contributed by atoms with van der Waals surface area (Å²) in [6.45, 7) is 9.31. The molecule has 1 heterocycles. The zero-order valence-electron chi connectivity index (χ0n) is 10.3. The average Bonchev–Trinajstić information content (AvgIpc) is 2.28. The maximum atomic E-state index is 9.00. The number of nitriles is 1. The van der Waals surface area contributed by atoms with Gasteiger partial charge in [0.15, 0.2) is 0 Å². The summed E-state index contributed by atoms with van der Waals surface area (Å²) < 4.78 is 5.35. The summed E-state index contributed by atoms with van der Waals surface area (Å²) >= 11 is 0. The number of hydrogen-bond acceptors (Lipinski definition) is 4. The molecule has 0 saturated heterocycles. The zero-order valence-corrected chi connectivity index (χ0v) is 10.3. The highest BCUT2D eigenvalue weighted by Crippen LogP contribution is 2.14. The number of nitrogens with zero attached hydrogens (tertiary/aromatic N) is 2. The molecular weight excluding hydrogens is 214 g/mol. The maximum absolute atomic E-state index is 9.00. The summed E-state index contributed by atoms with van der Waals surface area (Å²) in [5.41, 5.74) is 2.51. The molecule has 0 aliphatic rings. The second kappa shape index (κ2) is 6.66. The highest BCUT2D eigenvalue weighted by atomic mass is 16.5. The third-order valence-electron chi connectivity index (χ3n) is 2.16. The van der Waals surface area contributed by atoms with Gasteiger partial charge in [-0.3, -0.25) is 0 Å². The predicted molar refractivity (Wildman–Crippen MR) is 67.8 cm³/mol. The highest BCUT2D eigenvalue weighted by molar-refractivity contribution is 5.55. The number of anilines is 1. The van der Waals surface area contributed by atoms with Crippen LogP contribution < -0.4 is 5.32 Å². The second-order valence-electron chi connectivity index (χ2n) is 3.90. The summed E-state index contributed by atoms with van der Waals surface area (Å²) in [7, 11) is 0. The van der Waals surface area contributed by atoms with E-state index in [0.717, 1.165) is 11.1 Å². The molecule has 0 unspecified atom stereocenters. The van der Waals surface area contributed by atoms with Crippen molar-refractivity contribution in [3.63, 3.8) is 0 Å². The average molecular weight is 231 g/mol. The number of nitrogens with one attached hydrogen (secondary N) is 1. The highest BCUT2D eigenvalue weighted by Gasteiger charge is 2.05. The van der Waals surface area contributed by atoms with Gasteiger partial charge in [-0.25, -0.2) is 4.98 Å². The number of aromatic nitrogens is 1. The third kappa shape index (κ3) is 4.25. The minimum Gasteiger partial charge on any atom is -0.375 e. The van der Waals surface area contributed by atoms with Crippen molar-refractivity contribution in [1.82, 2.24) is 4.98 Å². The molecule has 1 N–H and O–H groups in total. The molecule has 1 aromatic rings. The minimum absolute atomic E-state index is 0.563. The van der Waals surface area contributed by atoms with Crippen molar-refractivity contribution in [2.24, 2.45) is 0 Å². The van der Waals surface area contributed by atoms with Crippen LogP contribution in [-0.4, -0.2) is 24.7 Å². The molecular formula is C13H17N3O. The van der Waals surface area contributed by atoms with Crippen LogP contribution in [-0.2, 0) is 4.74 Å². The number of rotatable bonds is 6. The zero-order chi connectivity index (χ0) is 12.7. The Morgan fingerprint density at radius 1 is 1.65 bits per heavy atom. The van der Waals surface area contributed by atoms with E-state index in [2.05, 4.69) is 22.9 Å². The Morgan fingerprint density at radius 3 is 3.06 bits per heavy atom. The van der Waals surface area contributed by atoms with Crippen LogP contribution in [0.4, 0.5) is 5.82 Å². The maximum Gasteiger partial charge on any atom is 0.144 e. The Labute approximate surface area is 102 Å². The van der Waals surface area contributed by atoms with Crippen molar-refractivity contribution in [1.29, 1.82) is 5.26 Å². The molecule has 0 amide bonds. The van der Waals surface area contributed by atoms with Crippen molar-refractivity contribution in [2.75, 3.05) is 25.1 Å². The minimum atomic E-state index is 0.563. The van der Waals surface area contributed by atoms with E-state index in [4.69, 9.17) is 10.00 Å². The summed E-state index contributed by atoms with van der Waals surface area (Å²) in [5.74, 6) is 0.617. The molecule has 0 aliphatic carbocycles. The first-order chi connectivity index (χ1) is 8.15. The van der Waals surface area contributed by atoms with Crippen molar-refractivity contribution >= 4 is 5.82 Å². The van der Waals surface area contributed by atoms with Crippen LogP contribution in [0.5, 0.6) is 0 Å². The Hall–Kier alpha value is -1.86. The van der Waals surface area contributed by atoms with E-state index in [1.54, 1.807) is 6.20 Å². The van der Waals surface area contributed by atoms with Crippen LogP contribution in [0.25, 0.3) is 0 Å². The molecule has 0 atom stereocenters. The summed E-state index contributed by atoms with van der Waals surface area (Å²) in [4.78, 5) is 4.14. The molecule has 0 saturated carbocycles. The lowest BCUT2D eigenvalue weighted by atomic mass is 10.1. The monoisotopic (exact) mass is 231 g/mol. The lowest BCUT2D eigenvalue weighted by Gasteiger charge is -2.09. The number of aryl methyl sites for hydroxylation is 1. The molecule has 1 rings (SSSR count). The van der Waals surface area contributed by atoms with E-state index in [0.29, 0.717) is 31.1 Å². The van der Waals surface area contributed by atoms with Crippen LogP contribution in [0.15, 0.2) is 24.4 Å². The topological polar surface area (TPSA) is 57.9 Å². The van der Waals surface area contributed by atoms with E-state index in [9.17, 15) is 0 Å². The molecule has 0 fully saturated rings. The standard InChI is InChI=1S/C13H17N3O/c1-10(2)9-17-7-6-16-13-12(8-14)11(3)4-5-15-13/h4-5H,1,6-7,9H2,2-3H3,(H,15,16). The third-order valence-corrected chi connectivity index (χ3v) is 2.16.